The van der Waals surface area contributed by atoms with Crippen molar-refractivity contribution in [1.29, 1.82) is 0 Å². The molecule has 5 heteroatoms. The number of ether oxygens (including phenoxy) is 1. The highest BCUT2D eigenvalue weighted by molar-refractivity contribution is 5.75. The predicted molar refractivity (Wildman–Crippen MR) is 67.8 cm³/mol. The Kier molecular flexibility index (Phi) is 3.40. The highest BCUT2D eigenvalue weighted by Gasteiger charge is 2.48. The predicted octanol–water partition coefficient (Wildman–Crippen LogP) is 1.86. The molecule has 3 unspecified atom stereocenters. The molecule has 3 rings (SSSR count). The van der Waals surface area contributed by atoms with Crippen LogP contribution in [0.5, 0.6) is 0 Å². The van der Waals surface area contributed by atoms with E-state index >= 15 is 0 Å². The molecule has 0 aliphatic carbocycles. The Morgan fingerprint density at radius 3 is 3.21 bits per heavy atom. The second kappa shape index (κ2) is 5.19. The summed E-state index contributed by atoms with van der Waals surface area (Å²) in [4.78, 5) is 17.8. The molecule has 19 heavy (non-hydrogen) atoms. The standard InChI is InChI=1S/C14H17NO4/c1-17-14(16)13-11-3-2-7-15(11)19-12(13)5-4-10-6-8-18-9-10/h4-6,8-9,11-13H,2-3,7H2,1H3/b5-4+. The van der Waals surface area contributed by atoms with Crippen LogP contribution in [0.3, 0.4) is 0 Å². The number of furan rings is 1. The maximum atomic E-state index is 11.9. The molecule has 0 amide bonds. The van der Waals surface area contributed by atoms with E-state index in [4.69, 9.17) is 14.0 Å². The van der Waals surface area contributed by atoms with Crippen LogP contribution < -0.4 is 0 Å². The van der Waals surface area contributed by atoms with E-state index in [-0.39, 0.29) is 24.0 Å². The van der Waals surface area contributed by atoms with Gasteiger partial charge >= 0.3 is 5.97 Å². The van der Waals surface area contributed by atoms with Crippen molar-refractivity contribution in [3.05, 3.63) is 30.2 Å². The summed E-state index contributed by atoms with van der Waals surface area (Å²) in [6, 6.07) is 2.01. The molecule has 3 atom stereocenters. The molecule has 2 aliphatic rings. The maximum Gasteiger partial charge on any atom is 0.313 e. The normalized spacial score (nSPS) is 30.9. The molecule has 102 valence electrons. The molecule has 0 N–H and O–H groups in total. The SMILES string of the molecule is COC(=O)C1C(/C=C/c2ccoc2)ON2CCCC12. The van der Waals surface area contributed by atoms with Crippen molar-refractivity contribution in [3.63, 3.8) is 0 Å². The first-order valence-electron chi connectivity index (χ1n) is 6.51. The van der Waals surface area contributed by atoms with Gasteiger partial charge in [-0.05, 0) is 18.9 Å². The summed E-state index contributed by atoms with van der Waals surface area (Å²) in [5, 5.41) is 1.92. The average molecular weight is 263 g/mol. The lowest BCUT2D eigenvalue weighted by Crippen LogP contribution is -2.33. The second-order valence-electron chi connectivity index (χ2n) is 4.89. The van der Waals surface area contributed by atoms with Crippen LogP contribution in [0.1, 0.15) is 18.4 Å². The average Bonchev–Trinajstić information content (AvgIpc) is 3.11. The summed E-state index contributed by atoms with van der Waals surface area (Å²) in [7, 11) is 1.43. The number of fused-ring (bicyclic) bond motifs is 1. The lowest BCUT2D eigenvalue weighted by molar-refractivity contribution is -0.148. The lowest BCUT2D eigenvalue weighted by Gasteiger charge is -2.15. The molecule has 0 radical (unpaired) electrons. The van der Waals surface area contributed by atoms with Gasteiger partial charge in [-0.3, -0.25) is 9.63 Å². The zero-order valence-corrected chi connectivity index (χ0v) is 10.8. The minimum atomic E-state index is -0.257. The van der Waals surface area contributed by atoms with Crippen LogP contribution in [0, 0.1) is 5.92 Å². The van der Waals surface area contributed by atoms with Crippen LogP contribution in [-0.4, -0.2) is 36.8 Å². The third-order valence-corrected chi connectivity index (χ3v) is 3.77. The van der Waals surface area contributed by atoms with Crippen molar-refractivity contribution in [2.24, 2.45) is 5.92 Å². The number of hydrogen-bond donors (Lipinski definition) is 0. The molecule has 1 aromatic heterocycles. The summed E-state index contributed by atoms with van der Waals surface area (Å²) >= 11 is 0. The van der Waals surface area contributed by atoms with Gasteiger partial charge in [0.1, 0.15) is 12.0 Å². The van der Waals surface area contributed by atoms with Crippen molar-refractivity contribution in [2.45, 2.75) is 25.0 Å². The van der Waals surface area contributed by atoms with Crippen LogP contribution in [0.15, 0.2) is 29.1 Å². The van der Waals surface area contributed by atoms with Crippen LogP contribution >= 0.6 is 0 Å². The molecule has 0 spiro atoms. The monoisotopic (exact) mass is 263 g/mol. The molecule has 3 heterocycles. The van der Waals surface area contributed by atoms with Gasteiger partial charge in [0.2, 0.25) is 0 Å². The van der Waals surface area contributed by atoms with Gasteiger partial charge < -0.3 is 9.15 Å². The van der Waals surface area contributed by atoms with Crippen molar-refractivity contribution in [2.75, 3.05) is 13.7 Å². The number of hydroxylamine groups is 2. The summed E-state index contributed by atoms with van der Waals surface area (Å²) in [6.07, 6.45) is 8.88. The topological polar surface area (TPSA) is 51.9 Å². The van der Waals surface area contributed by atoms with E-state index in [0.717, 1.165) is 24.9 Å². The Morgan fingerprint density at radius 2 is 2.47 bits per heavy atom. The van der Waals surface area contributed by atoms with E-state index in [0.29, 0.717) is 0 Å². The van der Waals surface area contributed by atoms with E-state index in [1.165, 1.54) is 7.11 Å². The highest BCUT2D eigenvalue weighted by atomic mass is 16.7. The number of nitrogens with zero attached hydrogens (tertiary/aromatic N) is 1. The van der Waals surface area contributed by atoms with Crippen molar-refractivity contribution in [1.82, 2.24) is 5.06 Å². The molecular weight excluding hydrogens is 246 g/mol. The third-order valence-electron chi connectivity index (χ3n) is 3.77. The summed E-state index contributed by atoms with van der Waals surface area (Å²) in [5.74, 6) is -0.438. The van der Waals surface area contributed by atoms with Gasteiger partial charge in [-0.2, -0.15) is 5.06 Å². The molecule has 1 aromatic rings. The Hall–Kier alpha value is -1.59. The lowest BCUT2D eigenvalue weighted by atomic mass is 9.93. The van der Waals surface area contributed by atoms with Crippen molar-refractivity contribution < 1.29 is 18.8 Å². The van der Waals surface area contributed by atoms with Gasteiger partial charge in [-0.15, -0.1) is 0 Å². The number of rotatable bonds is 3. The van der Waals surface area contributed by atoms with Crippen molar-refractivity contribution in [3.8, 4) is 0 Å². The molecule has 5 nitrogen and oxygen atoms in total. The first kappa shape index (κ1) is 12.4. The minimum absolute atomic E-state index is 0.145. The third kappa shape index (κ3) is 2.31. The Bertz CT molecular complexity index is 468. The Balaban J connectivity index is 1.77. The van der Waals surface area contributed by atoms with E-state index < -0.39 is 0 Å². The van der Waals surface area contributed by atoms with Gasteiger partial charge in [0.05, 0.1) is 25.7 Å². The fourth-order valence-corrected chi connectivity index (χ4v) is 2.85. The smallest absolute Gasteiger partial charge is 0.313 e. The van der Waals surface area contributed by atoms with Crippen LogP contribution in [0.4, 0.5) is 0 Å². The zero-order chi connectivity index (χ0) is 13.2. The first-order valence-corrected chi connectivity index (χ1v) is 6.51. The van der Waals surface area contributed by atoms with E-state index in [1.807, 2.05) is 23.3 Å². The molecule has 0 aromatic carbocycles. The quantitative estimate of drug-likeness (QED) is 0.779. The van der Waals surface area contributed by atoms with Crippen molar-refractivity contribution >= 4 is 12.0 Å². The first-order chi connectivity index (χ1) is 9.29. The maximum absolute atomic E-state index is 11.9. The number of hydrogen-bond acceptors (Lipinski definition) is 5. The van der Waals surface area contributed by atoms with Gasteiger partial charge in [-0.25, -0.2) is 0 Å². The van der Waals surface area contributed by atoms with Gasteiger partial charge in [0, 0.05) is 12.1 Å². The molecule has 2 fully saturated rings. The Labute approximate surface area is 111 Å². The molecule has 2 saturated heterocycles. The molecule has 2 aliphatic heterocycles. The molecule has 0 bridgehead atoms. The van der Waals surface area contributed by atoms with E-state index in [2.05, 4.69) is 0 Å². The molecular formula is C14H17NO4. The highest BCUT2D eigenvalue weighted by Crippen LogP contribution is 2.36. The molecule has 0 saturated carbocycles. The number of esters is 1. The summed E-state index contributed by atoms with van der Waals surface area (Å²) < 4.78 is 9.92. The fraction of sp³-hybridized carbons (Fsp3) is 0.500. The van der Waals surface area contributed by atoms with Crippen LogP contribution in [0.25, 0.3) is 6.08 Å². The van der Waals surface area contributed by atoms with E-state index in [9.17, 15) is 4.79 Å². The van der Waals surface area contributed by atoms with Gasteiger partial charge in [-0.1, -0.05) is 12.2 Å². The van der Waals surface area contributed by atoms with Crippen LogP contribution in [0.2, 0.25) is 0 Å². The van der Waals surface area contributed by atoms with E-state index in [1.54, 1.807) is 12.5 Å². The zero-order valence-electron chi connectivity index (χ0n) is 10.8. The fourth-order valence-electron chi connectivity index (χ4n) is 2.85. The van der Waals surface area contributed by atoms with Crippen LogP contribution in [-0.2, 0) is 14.4 Å². The second-order valence-corrected chi connectivity index (χ2v) is 4.89. The largest absolute Gasteiger partial charge is 0.472 e. The number of methoxy groups -OCH3 is 1. The minimum Gasteiger partial charge on any atom is -0.472 e. The number of carbonyl (C=O) groups excluding carboxylic acids is 1. The van der Waals surface area contributed by atoms with Gasteiger partial charge in [0.25, 0.3) is 0 Å². The number of carbonyl (C=O) groups is 1. The Morgan fingerprint density at radius 1 is 1.58 bits per heavy atom. The summed E-state index contributed by atoms with van der Waals surface area (Å²) in [5.41, 5.74) is 0.958. The van der Waals surface area contributed by atoms with Gasteiger partial charge in [0.15, 0.2) is 0 Å². The summed E-state index contributed by atoms with van der Waals surface area (Å²) in [6.45, 7) is 0.883.